The molecule has 0 fully saturated rings. The van der Waals surface area contributed by atoms with Gasteiger partial charge in [0.15, 0.2) is 6.61 Å². The Morgan fingerprint density at radius 3 is 2.28 bits per heavy atom. The number of hydrogen-bond acceptors (Lipinski definition) is 9. The second-order valence-electron chi connectivity index (χ2n) is 12.2. The van der Waals surface area contributed by atoms with Crippen LogP contribution in [0.1, 0.15) is 64.0 Å². The van der Waals surface area contributed by atoms with Crippen LogP contribution in [-0.4, -0.2) is 69.3 Å². The minimum Gasteiger partial charge on any atom is -0.508 e. The zero-order valence-corrected chi connectivity index (χ0v) is 31.1. The maximum atomic E-state index is 14.2. The number of para-hydroxylation sites is 1. The molecular formula is C34H43BrN4O9S2. The van der Waals surface area contributed by atoms with Crippen LogP contribution in [0.25, 0.3) is 0 Å². The quantitative estimate of drug-likeness (QED) is 0.124. The molecule has 3 aromatic rings. The molecule has 0 aliphatic carbocycles. The lowest BCUT2D eigenvalue weighted by atomic mass is 9.87. The SMILES string of the molecule is CCCCC1(CCCC)CN(c2ccccc2)c2cc(Br)c(OCC(=O)N[C@@H](C(=O)NCCS(=O)(=O)O)c3ccc(O)cc3)cc2S(=O)(=O)N1. The van der Waals surface area contributed by atoms with Crippen molar-refractivity contribution in [2.75, 3.05) is 30.3 Å². The number of phenols is 1. The van der Waals surface area contributed by atoms with E-state index in [0.29, 0.717) is 29.5 Å². The Bertz CT molecular complexity index is 1850. The second-order valence-corrected chi connectivity index (χ2v) is 16.3. The van der Waals surface area contributed by atoms with E-state index < -0.39 is 62.4 Å². The van der Waals surface area contributed by atoms with Gasteiger partial charge >= 0.3 is 0 Å². The first-order chi connectivity index (χ1) is 23.7. The first kappa shape index (κ1) is 39.1. The molecule has 0 bridgehead atoms. The molecule has 3 aromatic carbocycles. The molecule has 0 spiro atoms. The van der Waals surface area contributed by atoms with Gasteiger partial charge < -0.3 is 25.4 Å². The smallest absolute Gasteiger partial charge is 0.266 e. The molecule has 2 amide bonds. The summed E-state index contributed by atoms with van der Waals surface area (Å²) < 4.78 is 68.8. The number of hydrogen-bond donors (Lipinski definition) is 5. The molecule has 50 heavy (non-hydrogen) atoms. The third-order valence-electron chi connectivity index (χ3n) is 8.30. The molecule has 13 nitrogen and oxygen atoms in total. The van der Waals surface area contributed by atoms with Crippen molar-refractivity contribution in [3.63, 3.8) is 0 Å². The van der Waals surface area contributed by atoms with E-state index in [2.05, 4.69) is 45.1 Å². The fraction of sp³-hybridized carbons (Fsp3) is 0.412. The molecule has 1 atom stereocenters. The second kappa shape index (κ2) is 17.0. The Morgan fingerprint density at radius 1 is 1.04 bits per heavy atom. The van der Waals surface area contributed by atoms with Crippen LogP contribution in [0.15, 0.2) is 76.1 Å². The highest BCUT2D eigenvalue weighted by Crippen LogP contribution is 2.43. The molecule has 272 valence electrons. The van der Waals surface area contributed by atoms with Crippen LogP contribution in [0.5, 0.6) is 11.5 Å². The standard InChI is InChI=1S/C34H43BrN4O9S2/c1-3-5-16-34(17-6-4-2)23-39(25-10-8-7-9-11-25)28-20-27(35)29(21-30(28)50(46,47)38-34)48-22-31(41)37-32(24-12-14-26(40)15-13-24)33(42)36-18-19-49(43,44)45/h7-15,20-21,32,38,40H,3-6,16-19,22-23H2,1-2H3,(H,36,42)(H,37,41)(H,43,44,45)/t32-/m1/s1. The van der Waals surface area contributed by atoms with E-state index in [9.17, 15) is 31.5 Å². The minimum absolute atomic E-state index is 0.0185. The molecule has 4 rings (SSSR count). The van der Waals surface area contributed by atoms with Crippen molar-refractivity contribution < 1.29 is 40.8 Å². The molecule has 0 saturated carbocycles. The van der Waals surface area contributed by atoms with Gasteiger partial charge in [-0.15, -0.1) is 0 Å². The van der Waals surface area contributed by atoms with E-state index in [1.165, 1.54) is 30.3 Å². The van der Waals surface area contributed by atoms with Gasteiger partial charge in [0, 0.05) is 24.8 Å². The van der Waals surface area contributed by atoms with E-state index in [0.717, 1.165) is 31.4 Å². The van der Waals surface area contributed by atoms with Gasteiger partial charge in [0.25, 0.3) is 16.0 Å². The normalized spacial score (nSPS) is 15.7. The van der Waals surface area contributed by atoms with Crippen molar-refractivity contribution in [2.24, 2.45) is 0 Å². The number of halogens is 1. The van der Waals surface area contributed by atoms with Gasteiger partial charge in [-0.2, -0.15) is 8.42 Å². The first-order valence-corrected chi connectivity index (χ1v) is 20.2. The van der Waals surface area contributed by atoms with Crippen LogP contribution in [0.4, 0.5) is 11.4 Å². The average Bonchev–Trinajstić information content (AvgIpc) is 3.16. The zero-order chi connectivity index (χ0) is 36.5. The Balaban J connectivity index is 1.63. The first-order valence-electron chi connectivity index (χ1n) is 16.3. The van der Waals surface area contributed by atoms with E-state index in [4.69, 9.17) is 9.29 Å². The lowest BCUT2D eigenvalue weighted by Crippen LogP contribution is -2.53. The number of nitrogens with zero attached hydrogens (tertiary/aromatic N) is 1. The number of carbonyl (C=O) groups excluding carboxylic acids is 2. The van der Waals surface area contributed by atoms with Gasteiger partial charge in [-0.1, -0.05) is 69.9 Å². The molecule has 16 heteroatoms. The fourth-order valence-corrected chi connectivity index (χ4v) is 8.25. The summed E-state index contributed by atoms with van der Waals surface area (Å²) in [5, 5.41) is 14.6. The number of phenolic OH excluding ortho intramolecular Hbond substituents is 1. The number of benzene rings is 3. The highest BCUT2D eigenvalue weighted by molar-refractivity contribution is 9.10. The highest BCUT2D eigenvalue weighted by Gasteiger charge is 2.42. The van der Waals surface area contributed by atoms with Crippen LogP contribution in [0.2, 0.25) is 0 Å². The Morgan fingerprint density at radius 2 is 1.68 bits per heavy atom. The summed E-state index contributed by atoms with van der Waals surface area (Å²) in [5.74, 6) is -2.26. The van der Waals surface area contributed by atoms with Crippen molar-refractivity contribution in [1.29, 1.82) is 0 Å². The summed E-state index contributed by atoms with van der Waals surface area (Å²) in [7, 11) is -8.43. The summed E-state index contributed by atoms with van der Waals surface area (Å²) in [4.78, 5) is 28.1. The Kier molecular flexibility index (Phi) is 13.3. The maximum absolute atomic E-state index is 14.2. The number of fused-ring (bicyclic) bond motifs is 1. The summed E-state index contributed by atoms with van der Waals surface area (Å²) in [5.41, 5.74) is 0.800. The van der Waals surface area contributed by atoms with Crippen molar-refractivity contribution in [2.45, 2.75) is 68.8 Å². The third-order valence-corrected chi connectivity index (χ3v) is 11.3. The molecule has 1 aliphatic heterocycles. The van der Waals surface area contributed by atoms with Crippen molar-refractivity contribution in [3.05, 3.63) is 76.8 Å². The van der Waals surface area contributed by atoms with Gasteiger partial charge in [0.05, 0.1) is 21.5 Å². The predicted octanol–water partition coefficient (Wildman–Crippen LogP) is 4.94. The summed E-state index contributed by atoms with van der Waals surface area (Å²) in [6, 6.07) is 16.7. The number of aromatic hydroxyl groups is 1. The zero-order valence-electron chi connectivity index (χ0n) is 27.9. The molecule has 0 aromatic heterocycles. The monoisotopic (exact) mass is 794 g/mol. The topological polar surface area (TPSA) is 191 Å². The molecule has 0 radical (unpaired) electrons. The van der Waals surface area contributed by atoms with Gasteiger partial charge in [0.1, 0.15) is 22.4 Å². The Labute approximate surface area is 301 Å². The third kappa shape index (κ3) is 10.4. The predicted molar refractivity (Wildman–Crippen MR) is 194 cm³/mol. The van der Waals surface area contributed by atoms with Crippen molar-refractivity contribution in [3.8, 4) is 11.5 Å². The number of anilines is 2. The molecule has 0 saturated heterocycles. The van der Waals surface area contributed by atoms with Gasteiger partial charge in [0.2, 0.25) is 15.9 Å². The minimum atomic E-state index is -4.34. The lowest BCUT2D eigenvalue weighted by Gasteiger charge is -2.37. The van der Waals surface area contributed by atoms with E-state index in [1.54, 1.807) is 6.07 Å². The number of rotatable bonds is 16. The van der Waals surface area contributed by atoms with Crippen molar-refractivity contribution >= 4 is 59.3 Å². The molecule has 5 N–H and O–H groups in total. The number of nitrogens with one attached hydrogen (secondary N) is 3. The largest absolute Gasteiger partial charge is 0.508 e. The van der Waals surface area contributed by atoms with Gasteiger partial charge in [-0.3, -0.25) is 14.1 Å². The molecule has 0 unspecified atom stereocenters. The molecule has 1 heterocycles. The van der Waals surface area contributed by atoms with Gasteiger partial charge in [-0.25, -0.2) is 13.1 Å². The van der Waals surface area contributed by atoms with E-state index in [-0.39, 0.29) is 22.0 Å². The maximum Gasteiger partial charge on any atom is 0.266 e. The van der Waals surface area contributed by atoms with Crippen LogP contribution in [0.3, 0.4) is 0 Å². The number of sulfonamides is 1. The number of ether oxygens (including phenoxy) is 1. The summed E-state index contributed by atoms with van der Waals surface area (Å²) in [6.07, 6.45) is 4.77. The molecule has 1 aliphatic rings. The van der Waals surface area contributed by atoms with Gasteiger partial charge in [-0.05, 0) is 64.7 Å². The highest BCUT2D eigenvalue weighted by atomic mass is 79.9. The average molecular weight is 796 g/mol. The number of carbonyl (C=O) groups is 2. The number of amides is 2. The summed E-state index contributed by atoms with van der Waals surface area (Å²) in [6.45, 7) is 3.52. The molecular weight excluding hydrogens is 752 g/mol. The van der Waals surface area contributed by atoms with E-state index >= 15 is 0 Å². The fourth-order valence-electron chi connectivity index (χ4n) is 5.79. The number of unbranched alkanes of at least 4 members (excludes halogenated alkanes) is 2. The van der Waals surface area contributed by atoms with Crippen LogP contribution >= 0.6 is 15.9 Å². The van der Waals surface area contributed by atoms with Crippen LogP contribution < -0.4 is 25.0 Å². The van der Waals surface area contributed by atoms with Crippen molar-refractivity contribution in [1.82, 2.24) is 15.4 Å². The lowest BCUT2D eigenvalue weighted by molar-refractivity contribution is -0.130. The Hall–Kier alpha value is -3.70. The van der Waals surface area contributed by atoms with Crippen LogP contribution in [-0.2, 0) is 29.7 Å². The van der Waals surface area contributed by atoms with E-state index in [1.807, 2.05) is 35.2 Å². The van der Waals surface area contributed by atoms with Crippen LogP contribution in [0, 0.1) is 0 Å². The summed E-state index contributed by atoms with van der Waals surface area (Å²) >= 11 is 3.51.